The van der Waals surface area contributed by atoms with Crippen molar-refractivity contribution in [3.63, 3.8) is 0 Å². The van der Waals surface area contributed by atoms with Gasteiger partial charge >= 0.3 is 6.03 Å². The smallest absolute Gasteiger partial charge is 0.315 e. The quantitative estimate of drug-likeness (QED) is 0.715. The van der Waals surface area contributed by atoms with Crippen LogP contribution in [0, 0.1) is 11.7 Å². The zero-order valence-electron chi connectivity index (χ0n) is 13.0. The largest absolute Gasteiger partial charge is 0.369 e. The van der Waals surface area contributed by atoms with Crippen molar-refractivity contribution in [2.45, 2.75) is 13.0 Å². The van der Waals surface area contributed by atoms with Crippen molar-refractivity contribution in [3.05, 3.63) is 65.7 Å². The number of halogens is 1. The first-order valence-corrected chi connectivity index (χ1v) is 7.49. The number of carbonyl (C=O) groups excluding carboxylic acids is 2. The van der Waals surface area contributed by atoms with Gasteiger partial charge in [0.2, 0.25) is 5.91 Å². The second kappa shape index (κ2) is 8.61. The van der Waals surface area contributed by atoms with Crippen LogP contribution < -0.4 is 16.4 Å². The number of pyridine rings is 1. The number of amides is 3. The zero-order valence-corrected chi connectivity index (χ0v) is 13.0. The highest BCUT2D eigenvalue weighted by molar-refractivity contribution is 5.79. The standard InChI is InChI=1S/C17H19FN4O2/c18-15-5-3-12(4-6-15)8-14(16(19)23)11-22-17(24)21-10-13-2-1-7-20-9-13/h1-7,9,14H,8,10-11H2,(H2,19,23)(H2,21,22,24)/t14-/m0/s1. The van der Waals surface area contributed by atoms with E-state index in [9.17, 15) is 14.0 Å². The van der Waals surface area contributed by atoms with E-state index in [1.54, 1.807) is 30.6 Å². The van der Waals surface area contributed by atoms with Crippen molar-refractivity contribution in [1.29, 1.82) is 0 Å². The predicted octanol–water partition coefficient (Wildman–Crippen LogP) is 1.36. The van der Waals surface area contributed by atoms with Gasteiger partial charge in [0.05, 0.1) is 5.92 Å². The lowest BCUT2D eigenvalue weighted by Gasteiger charge is -2.15. The molecule has 7 heteroatoms. The number of carbonyl (C=O) groups is 2. The van der Waals surface area contributed by atoms with E-state index in [0.29, 0.717) is 13.0 Å². The molecule has 6 nitrogen and oxygen atoms in total. The average molecular weight is 330 g/mol. The molecule has 1 heterocycles. The van der Waals surface area contributed by atoms with E-state index in [1.165, 1.54) is 12.1 Å². The Kier molecular flexibility index (Phi) is 6.24. The van der Waals surface area contributed by atoms with E-state index in [1.807, 2.05) is 6.07 Å². The lowest BCUT2D eigenvalue weighted by Crippen LogP contribution is -2.41. The number of urea groups is 1. The Morgan fingerprint density at radius 2 is 1.88 bits per heavy atom. The van der Waals surface area contributed by atoms with Crippen LogP contribution in [0.1, 0.15) is 11.1 Å². The van der Waals surface area contributed by atoms with E-state index in [0.717, 1.165) is 11.1 Å². The third-order valence-electron chi connectivity index (χ3n) is 3.48. The Morgan fingerprint density at radius 1 is 1.12 bits per heavy atom. The molecule has 2 aromatic rings. The van der Waals surface area contributed by atoms with Gasteiger partial charge in [-0.2, -0.15) is 0 Å². The highest BCUT2D eigenvalue weighted by Gasteiger charge is 2.17. The summed E-state index contributed by atoms with van der Waals surface area (Å²) in [6.45, 7) is 0.435. The van der Waals surface area contributed by atoms with Gasteiger partial charge in [-0.25, -0.2) is 9.18 Å². The van der Waals surface area contributed by atoms with E-state index < -0.39 is 17.9 Å². The van der Waals surface area contributed by atoms with Crippen molar-refractivity contribution >= 4 is 11.9 Å². The van der Waals surface area contributed by atoms with Gasteiger partial charge in [0.15, 0.2) is 0 Å². The summed E-state index contributed by atoms with van der Waals surface area (Å²) in [5.74, 6) is -1.44. The van der Waals surface area contributed by atoms with E-state index in [-0.39, 0.29) is 12.4 Å². The molecular weight excluding hydrogens is 311 g/mol. The number of nitrogens with zero attached hydrogens (tertiary/aromatic N) is 1. The highest BCUT2D eigenvalue weighted by atomic mass is 19.1. The first-order chi connectivity index (χ1) is 11.5. The van der Waals surface area contributed by atoms with Gasteiger partial charge in [0, 0.05) is 25.5 Å². The summed E-state index contributed by atoms with van der Waals surface area (Å²) in [5.41, 5.74) is 7.01. The third-order valence-corrected chi connectivity index (χ3v) is 3.48. The molecule has 126 valence electrons. The van der Waals surface area contributed by atoms with Crippen LogP contribution in [0.4, 0.5) is 9.18 Å². The SMILES string of the molecule is NC(=O)[C@H](CNC(=O)NCc1cccnc1)Cc1ccc(F)cc1. The zero-order chi connectivity index (χ0) is 17.4. The maximum absolute atomic E-state index is 12.9. The van der Waals surface area contributed by atoms with Gasteiger partial charge in [-0.3, -0.25) is 9.78 Å². The second-order valence-corrected chi connectivity index (χ2v) is 5.35. The molecule has 1 aromatic heterocycles. The Labute approximate surface area is 139 Å². The summed E-state index contributed by atoms with van der Waals surface area (Å²) in [7, 11) is 0. The van der Waals surface area contributed by atoms with Gasteiger partial charge < -0.3 is 16.4 Å². The Hall–Kier alpha value is -2.96. The van der Waals surface area contributed by atoms with Gasteiger partial charge in [0.25, 0.3) is 0 Å². The van der Waals surface area contributed by atoms with Gasteiger partial charge in [-0.15, -0.1) is 0 Å². The molecule has 0 radical (unpaired) electrons. The fraction of sp³-hybridized carbons (Fsp3) is 0.235. The Bertz CT molecular complexity index is 677. The van der Waals surface area contributed by atoms with E-state index in [2.05, 4.69) is 15.6 Å². The molecule has 0 aliphatic heterocycles. The maximum atomic E-state index is 12.9. The van der Waals surface area contributed by atoms with Gasteiger partial charge in [-0.05, 0) is 35.7 Å². The minimum atomic E-state index is -0.570. The lowest BCUT2D eigenvalue weighted by molar-refractivity contribution is -0.121. The molecule has 24 heavy (non-hydrogen) atoms. The minimum absolute atomic E-state index is 0.103. The first-order valence-electron chi connectivity index (χ1n) is 7.49. The highest BCUT2D eigenvalue weighted by Crippen LogP contribution is 2.09. The monoisotopic (exact) mass is 330 g/mol. The van der Waals surface area contributed by atoms with Gasteiger partial charge in [-0.1, -0.05) is 18.2 Å². The molecule has 1 aromatic carbocycles. The number of rotatable bonds is 7. The molecule has 0 aliphatic carbocycles. The fourth-order valence-corrected chi connectivity index (χ4v) is 2.14. The second-order valence-electron chi connectivity index (χ2n) is 5.35. The predicted molar refractivity (Wildman–Crippen MR) is 87.3 cm³/mol. The van der Waals surface area contributed by atoms with Crippen LogP contribution in [0.3, 0.4) is 0 Å². The van der Waals surface area contributed by atoms with E-state index in [4.69, 9.17) is 5.73 Å². The number of nitrogens with two attached hydrogens (primary N) is 1. The molecule has 0 saturated heterocycles. The molecule has 0 saturated carbocycles. The number of nitrogens with one attached hydrogen (secondary N) is 2. The van der Waals surface area contributed by atoms with Crippen molar-refractivity contribution in [1.82, 2.24) is 15.6 Å². The summed E-state index contributed by atoms with van der Waals surface area (Å²) in [6.07, 6.45) is 3.63. The molecule has 2 rings (SSSR count). The molecule has 0 fully saturated rings. The summed E-state index contributed by atoms with van der Waals surface area (Å²) < 4.78 is 12.9. The maximum Gasteiger partial charge on any atom is 0.315 e. The molecule has 0 aliphatic rings. The summed E-state index contributed by atoms with van der Waals surface area (Å²) >= 11 is 0. The Morgan fingerprint density at radius 3 is 2.50 bits per heavy atom. The van der Waals surface area contributed by atoms with Crippen molar-refractivity contribution in [2.75, 3.05) is 6.54 Å². The number of hydrogen-bond acceptors (Lipinski definition) is 3. The normalized spacial score (nSPS) is 11.5. The van der Waals surface area contributed by atoms with Crippen molar-refractivity contribution in [3.8, 4) is 0 Å². The van der Waals surface area contributed by atoms with Crippen LogP contribution in [0.25, 0.3) is 0 Å². The molecule has 1 atom stereocenters. The molecule has 4 N–H and O–H groups in total. The number of primary amides is 1. The van der Waals surface area contributed by atoms with Crippen LogP contribution >= 0.6 is 0 Å². The summed E-state index contributed by atoms with van der Waals surface area (Å²) in [4.78, 5) is 27.3. The fourth-order valence-electron chi connectivity index (χ4n) is 2.14. The first kappa shape index (κ1) is 17.4. The van der Waals surface area contributed by atoms with Crippen molar-refractivity contribution in [2.24, 2.45) is 11.7 Å². The van der Waals surface area contributed by atoms with E-state index >= 15 is 0 Å². The minimum Gasteiger partial charge on any atom is -0.369 e. The van der Waals surface area contributed by atoms with Gasteiger partial charge in [0.1, 0.15) is 5.82 Å². The topological polar surface area (TPSA) is 97.1 Å². The molecule has 0 unspecified atom stereocenters. The Balaban J connectivity index is 1.81. The molecule has 0 bridgehead atoms. The van der Waals surface area contributed by atoms with Crippen molar-refractivity contribution < 1.29 is 14.0 Å². The molecule has 0 spiro atoms. The van der Waals surface area contributed by atoms with Crippen LogP contribution in [0.15, 0.2) is 48.8 Å². The number of aromatic nitrogens is 1. The molecule has 3 amide bonds. The van der Waals surface area contributed by atoms with Crippen LogP contribution in [-0.4, -0.2) is 23.5 Å². The average Bonchev–Trinajstić information content (AvgIpc) is 2.59. The number of benzene rings is 1. The molecular formula is C17H19FN4O2. The van der Waals surface area contributed by atoms with Crippen LogP contribution in [0.2, 0.25) is 0 Å². The number of hydrogen-bond donors (Lipinski definition) is 3. The third kappa shape index (κ3) is 5.68. The van der Waals surface area contributed by atoms with Crippen LogP contribution in [-0.2, 0) is 17.8 Å². The van der Waals surface area contributed by atoms with Crippen LogP contribution in [0.5, 0.6) is 0 Å². The lowest BCUT2D eigenvalue weighted by atomic mass is 9.98. The summed E-state index contributed by atoms with van der Waals surface area (Å²) in [5, 5.41) is 5.29. The summed E-state index contributed by atoms with van der Waals surface area (Å²) in [6, 6.07) is 9.04.